The Morgan fingerprint density at radius 1 is 0.750 bits per heavy atom. The average molecular weight is 553 g/mol. The topological polar surface area (TPSA) is 337 Å². The lowest BCUT2D eigenvalue weighted by molar-refractivity contribution is -0.306. The molecule has 214 valence electrons. The molecule has 0 radical (unpaired) electrons. The lowest BCUT2D eigenvalue weighted by atomic mass is 9.84. The van der Waals surface area contributed by atoms with Crippen LogP contribution in [0.25, 0.3) is 0 Å². The van der Waals surface area contributed by atoms with Crippen LogP contribution in [-0.4, -0.2) is 147 Å². The highest BCUT2D eigenvalue weighted by atomic mass is 32.3. The fraction of sp³-hybridized carbons (Fsp3) is 1.00. The van der Waals surface area contributed by atoms with E-state index in [4.69, 9.17) is 59.4 Å². The van der Waals surface area contributed by atoms with Crippen LogP contribution in [0.3, 0.4) is 0 Å². The first-order chi connectivity index (χ1) is 16.6. The molecule has 0 amide bonds. The van der Waals surface area contributed by atoms with Gasteiger partial charge >= 0.3 is 10.4 Å². The minimum atomic E-state index is -4.67. The summed E-state index contributed by atoms with van der Waals surface area (Å²) in [4.78, 5) is 0. The number of rotatable bonds is 6. The molecule has 2 heterocycles. The van der Waals surface area contributed by atoms with Crippen molar-refractivity contribution >= 4 is 10.4 Å². The van der Waals surface area contributed by atoms with E-state index in [0.29, 0.717) is 0 Å². The number of aliphatic hydroxyl groups excluding tert-OH is 6. The van der Waals surface area contributed by atoms with E-state index in [1.807, 2.05) is 0 Å². The molecule has 0 unspecified atom stereocenters. The van der Waals surface area contributed by atoms with Crippen molar-refractivity contribution in [1.82, 2.24) is 0 Å². The zero-order valence-corrected chi connectivity index (χ0v) is 19.8. The van der Waals surface area contributed by atoms with Crippen molar-refractivity contribution in [3.05, 3.63) is 0 Å². The molecule has 19 heteroatoms. The molecule has 3 aliphatic rings. The Morgan fingerprint density at radius 2 is 1.25 bits per heavy atom. The summed E-state index contributed by atoms with van der Waals surface area (Å²) in [7, 11) is -4.67. The quantitative estimate of drug-likeness (QED) is 0.136. The van der Waals surface area contributed by atoms with Crippen LogP contribution in [0.15, 0.2) is 0 Å². The summed E-state index contributed by atoms with van der Waals surface area (Å²) in [5.41, 5.74) is 23.6. The number of hydrogen-bond donors (Lipinski definition) is 12. The first kappa shape index (κ1) is 31.5. The summed E-state index contributed by atoms with van der Waals surface area (Å²) in [6.07, 6.45) is -13.8. The van der Waals surface area contributed by atoms with Crippen LogP contribution < -0.4 is 22.9 Å². The maximum atomic E-state index is 10.6. The molecule has 0 bridgehead atoms. The van der Waals surface area contributed by atoms with Crippen molar-refractivity contribution in [2.24, 2.45) is 22.9 Å². The van der Waals surface area contributed by atoms with Crippen molar-refractivity contribution in [1.29, 1.82) is 0 Å². The Morgan fingerprint density at radius 3 is 1.75 bits per heavy atom. The average Bonchev–Trinajstić information content (AvgIpc) is 3.06. The molecule has 0 spiro atoms. The van der Waals surface area contributed by atoms with Gasteiger partial charge in [0.2, 0.25) is 0 Å². The van der Waals surface area contributed by atoms with Gasteiger partial charge in [-0.3, -0.25) is 9.11 Å². The Hall–Kier alpha value is -0.690. The number of aliphatic hydroxyl groups is 6. The van der Waals surface area contributed by atoms with Gasteiger partial charge in [-0.05, 0) is 6.42 Å². The fourth-order valence-electron chi connectivity index (χ4n) is 4.16. The summed E-state index contributed by atoms with van der Waals surface area (Å²) in [6, 6.07) is -2.72. The maximum absolute atomic E-state index is 10.6. The number of hydrogen-bond acceptors (Lipinski definition) is 16. The molecule has 3 rings (SSSR count). The summed E-state index contributed by atoms with van der Waals surface area (Å²) in [5.74, 6) is 0. The van der Waals surface area contributed by atoms with Gasteiger partial charge in [-0.15, -0.1) is 0 Å². The van der Waals surface area contributed by atoms with Gasteiger partial charge in [0.05, 0.1) is 18.8 Å². The number of ether oxygens (including phenoxy) is 4. The molecular formula is C17H36N4O14S. The summed E-state index contributed by atoms with van der Waals surface area (Å²) in [6.45, 7) is -0.673. The Labute approximate surface area is 206 Å². The van der Waals surface area contributed by atoms with Crippen molar-refractivity contribution in [2.75, 3.05) is 13.2 Å². The first-order valence-corrected chi connectivity index (χ1v) is 12.3. The molecule has 2 saturated heterocycles. The lowest BCUT2D eigenvalue weighted by Gasteiger charge is -2.47. The first-order valence-electron chi connectivity index (χ1n) is 10.9. The molecular weight excluding hydrogens is 516 g/mol. The summed E-state index contributed by atoms with van der Waals surface area (Å²) < 4.78 is 54.0. The number of nitrogens with two attached hydrogens (primary N) is 4. The van der Waals surface area contributed by atoms with Crippen LogP contribution in [-0.2, 0) is 29.3 Å². The molecule has 3 fully saturated rings. The van der Waals surface area contributed by atoms with Gasteiger partial charge in [0, 0.05) is 18.6 Å². The molecule has 2 aliphatic heterocycles. The van der Waals surface area contributed by atoms with Gasteiger partial charge < -0.3 is 72.5 Å². The standard InChI is InChI=1S/C17H34N4O10.H2O4S/c18-2-6-10(24)12(26)8(21)16(28-6)30-14-5(20)1-4(19)9(23)15(14)31-17-13(27)11(25)7(3-22)29-17;1-5(2,3)4/h4-17,22-27H,1-3,18-21H2;(H2,1,2,3,4)/t4-,5+,6-,7+,8-,9+,10-,11+,12-,13+,14-,15-,16-,17-;/m0./s1. The lowest BCUT2D eigenvalue weighted by Crippen LogP contribution is -2.68. The van der Waals surface area contributed by atoms with E-state index >= 15 is 0 Å². The van der Waals surface area contributed by atoms with Gasteiger partial charge in [-0.1, -0.05) is 0 Å². The van der Waals surface area contributed by atoms with Gasteiger partial charge in [-0.2, -0.15) is 8.42 Å². The predicted molar refractivity (Wildman–Crippen MR) is 116 cm³/mol. The minimum Gasteiger partial charge on any atom is -0.394 e. The van der Waals surface area contributed by atoms with Gasteiger partial charge in [0.15, 0.2) is 12.6 Å². The van der Waals surface area contributed by atoms with Crippen LogP contribution in [0, 0.1) is 0 Å². The van der Waals surface area contributed by atoms with Crippen molar-refractivity contribution < 1.29 is 67.1 Å². The zero-order valence-electron chi connectivity index (χ0n) is 18.9. The second kappa shape index (κ2) is 12.9. The Bertz CT molecular complexity index is 787. The van der Waals surface area contributed by atoms with Crippen LogP contribution in [0.1, 0.15) is 6.42 Å². The van der Waals surface area contributed by atoms with Gasteiger partial charge in [-0.25, -0.2) is 0 Å². The molecule has 0 aromatic carbocycles. The highest BCUT2D eigenvalue weighted by Gasteiger charge is 2.52. The Balaban J connectivity index is 0.000000830. The van der Waals surface area contributed by atoms with E-state index in [2.05, 4.69) is 0 Å². The van der Waals surface area contributed by atoms with Crippen LogP contribution in [0.5, 0.6) is 0 Å². The second-order valence-electron chi connectivity index (χ2n) is 8.75. The molecule has 14 atom stereocenters. The maximum Gasteiger partial charge on any atom is 0.394 e. The highest BCUT2D eigenvalue weighted by Crippen LogP contribution is 2.31. The molecule has 1 aliphatic carbocycles. The van der Waals surface area contributed by atoms with Crippen LogP contribution >= 0.6 is 0 Å². The van der Waals surface area contributed by atoms with Crippen molar-refractivity contribution in [3.8, 4) is 0 Å². The van der Waals surface area contributed by atoms with Crippen LogP contribution in [0.4, 0.5) is 0 Å². The summed E-state index contributed by atoms with van der Waals surface area (Å²) in [5, 5.41) is 60.2. The molecule has 36 heavy (non-hydrogen) atoms. The molecule has 0 aromatic heterocycles. The normalized spacial score (nSPS) is 47.8. The van der Waals surface area contributed by atoms with Gasteiger partial charge in [0.25, 0.3) is 0 Å². The molecule has 1 saturated carbocycles. The van der Waals surface area contributed by atoms with Gasteiger partial charge in [0.1, 0.15) is 48.8 Å². The van der Waals surface area contributed by atoms with Crippen molar-refractivity contribution in [2.45, 2.75) is 92.1 Å². The van der Waals surface area contributed by atoms with E-state index in [9.17, 15) is 30.6 Å². The third-order valence-corrected chi connectivity index (χ3v) is 6.13. The van der Waals surface area contributed by atoms with E-state index < -0.39 is 103 Å². The monoisotopic (exact) mass is 552 g/mol. The largest absolute Gasteiger partial charge is 0.394 e. The SMILES string of the molecule is NC[C@@H]1O[C@@H](O[C@@H]2[C@@H](O[C@@H]3O[C@H](CO)[C@@H](O)[C@H]3O)[C@H](O)[C@@H](N)C[C@H]2N)[C@@H](N)[C@H](O)[C@H]1O.O=S(=O)(O)O. The van der Waals surface area contributed by atoms with E-state index in [-0.39, 0.29) is 13.0 Å². The van der Waals surface area contributed by atoms with E-state index in [1.165, 1.54) is 0 Å². The highest BCUT2D eigenvalue weighted by molar-refractivity contribution is 7.79. The predicted octanol–water partition coefficient (Wildman–Crippen LogP) is -7.31. The molecule has 18 nitrogen and oxygen atoms in total. The third-order valence-electron chi connectivity index (χ3n) is 6.13. The molecule has 16 N–H and O–H groups in total. The molecule has 0 aromatic rings. The Kier molecular flexibility index (Phi) is 11.3. The fourth-order valence-corrected chi connectivity index (χ4v) is 4.16. The van der Waals surface area contributed by atoms with E-state index in [0.717, 1.165) is 0 Å². The zero-order chi connectivity index (χ0) is 27.5. The second-order valence-corrected chi connectivity index (χ2v) is 9.64. The smallest absolute Gasteiger partial charge is 0.394 e. The minimum absolute atomic E-state index is 0.114. The van der Waals surface area contributed by atoms with Crippen LogP contribution in [0.2, 0.25) is 0 Å². The third kappa shape index (κ3) is 7.68. The van der Waals surface area contributed by atoms with E-state index in [1.54, 1.807) is 0 Å². The summed E-state index contributed by atoms with van der Waals surface area (Å²) >= 11 is 0. The van der Waals surface area contributed by atoms with Crippen molar-refractivity contribution in [3.63, 3.8) is 0 Å².